The number of methoxy groups -OCH3 is 2. The summed E-state index contributed by atoms with van der Waals surface area (Å²) < 4.78 is 10.4. The lowest BCUT2D eigenvalue weighted by Gasteiger charge is -2.10. The normalized spacial score (nSPS) is 12.2. The molecule has 0 bridgehead atoms. The van der Waals surface area contributed by atoms with Gasteiger partial charge in [0.05, 0.1) is 20.8 Å². The number of nitrogens with one attached hydrogen (secondary N) is 2. The van der Waals surface area contributed by atoms with Gasteiger partial charge in [-0.3, -0.25) is 9.79 Å². The molecule has 2 aromatic carbocycles. The molecule has 0 saturated carbocycles. The maximum absolute atomic E-state index is 12.3. The van der Waals surface area contributed by atoms with Gasteiger partial charge in [-0.05, 0) is 24.1 Å². The SMILES string of the molecule is COc1cc(OC)cc(C(=O)NCCCNC2=NCc3ccccc32)c1. The van der Waals surface area contributed by atoms with Gasteiger partial charge in [-0.1, -0.05) is 24.3 Å². The molecule has 136 valence electrons. The van der Waals surface area contributed by atoms with Crippen LogP contribution < -0.4 is 20.1 Å². The summed E-state index contributed by atoms with van der Waals surface area (Å²) >= 11 is 0. The molecule has 0 fully saturated rings. The average Bonchev–Trinajstić information content (AvgIpc) is 3.10. The number of amides is 1. The van der Waals surface area contributed by atoms with Crippen LogP contribution in [0.4, 0.5) is 0 Å². The molecule has 0 aliphatic carbocycles. The van der Waals surface area contributed by atoms with Crippen LogP contribution in [-0.4, -0.2) is 39.1 Å². The van der Waals surface area contributed by atoms with Gasteiger partial charge in [-0.2, -0.15) is 0 Å². The maximum atomic E-state index is 12.3. The van der Waals surface area contributed by atoms with Crippen LogP contribution in [0.2, 0.25) is 0 Å². The molecular weight excluding hydrogens is 330 g/mol. The minimum atomic E-state index is -0.147. The summed E-state index contributed by atoms with van der Waals surface area (Å²) in [5.41, 5.74) is 2.93. The third-order valence-electron chi connectivity index (χ3n) is 4.23. The van der Waals surface area contributed by atoms with Crippen LogP contribution in [0.1, 0.15) is 27.9 Å². The highest BCUT2D eigenvalue weighted by molar-refractivity contribution is 6.01. The number of amidine groups is 1. The van der Waals surface area contributed by atoms with Gasteiger partial charge < -0.3 is 20.1 Å². The first-order valence-electron chi connectivity index (χ1n) is 8.59. The fourth-order valence-electron chi connectivity index (χ4n) is 2.83. The summed E-state index contributed by atoms with van der Waals surface area (Å²) in [6.07, 6.45) is 0.800. The standard InChI is InChI=1S/C20H23N3O3/c1-25-16-10-15(11-17(12-16)26-2)20(24)22-9-5-8-21-19-18-7-4-3-6-14(18)13-23-19/h3-4,6-7,10-12H,5,8-9,13H2,1-2H3,(H,21,23)(H,22,24). The molecule has 0 radical (unpaired) electrons. The molecule has 6 nitrogen and oxygen atoms in total. The second-order valence-electron chi connectivity index (χ2n) is 5.96. The van der Waals surface area contributed by atoms with Gasteiger partial charge in [-0.15, -0.1) is 0 Å². The summed E-state index contributed by atoms with van der Waals surface area (Å²) in [6, 6.07) is 13.3. The number of ether oxygens (including phenoxy) is 2. The number of benzene rings is 2. The zero-order valence-electron chi connectivity index (χ0n) is 15.0. The Bertz CT molecular complexity index is 795. The highest BCUT2D eigenvalue weighted by Crippen LogP contribution is 2.22. The van der Waals surface area contributed by atoms with Crippen molar-refractivity contribution in [2.45, 2.75) is 13.0 Å². The Balaban J connectivity index is 1.45. The Morgan fingerprint density at radius 3 is 2.54 bits per heavy atom. The van der Waals surface area contributed by atoms with E-state index in [2.05, 4.69) is 27.8 Å². The van der Waals surface area contributed by atoms with Crippen LogP contribution in [0.15, 0.2) is 47.5 Å². The van der Waals surface area contributed by atoms with Gasteiger partial charge in [0.2, 0.25) is 0 Å². The van der Waals surface area contributed by atoms with Crippen molar-refractivity contribution in [1.82, 2.24) is 10.6 Å². The van der Waals surface area contributed by atoms with Crippen molar-refractivity contribution in [2.75, 3.05) is 27.3 Å². The molecule has 0 atom stereocenters. The predicted octanol–water partition coefficient (Wildman–Crippen LogP) is 2.37. The molecule has 2 aromatic rings. The number of hydrogen-bond donors (Lipinski definition) is 2. The van der Waals surface area contributed by atoms with Crippen LogP contribution in [-0.2, 0) is 6.54 Å². The van der Waals surface area contributed by atoms with E-state index in [1.165, 1.54) is 11.1 Å². The van der Waals surface area contributed by atoms with Crippen LogP contribution in [0.25, 0.3) is 0 Å². The number of aliphatic imine (C=N–C) groups is 1. The van der Waals surface area contributed by atoms with Crippen molar-refractivity contribution in [1.29, 1.82) is 0 Å². The van der Waals surface area contributed by atoms with E-state index in [0.717, 1.165) is 25.3 Å². The number of hydrogen-bond acceptors (Lipinski definition) is 5. The molecule has 0 aromatic heterocycles. The van der Waals surface area contributed by atoms with Crippen LogP contribution in [0.3, 0.4) is 0 Å². The lowest BCUT2D eigenvalue weighted by atomic mass is 10.1. The maximum Gasteiger partial charge on any atom is 0.251 e. The van der Waals surface area contributed by atoms with E-state index in [4.69, 9.17) is 9.47 Å². The van der Waals surface area contributed by atoms with E-state index in [-0.39, 0.29) is 5.91 Å². The third-order valence-corrected chi connectivity index (χ3v) is 4.23. The van der Waals surface area contributed by atoms with E-state index in [1.807, 2.05) is 12.1 Å². The average molecular weight is 353 g/mol. The first-order valence-corrected chi connectivity index (χ1v) is 8.59. The van der Waals surface area contributed by atoms with Crippen LogP contribution in [0, 0.1) is 0 Å². The van der Waals surface area contributed by atoms with Crippen LogP contribution in [0.5, 0.6) is 11.5 Å². The summed E-state index contributed by atoms with van der Waals surface area (Å²) in [6.45, 7) is 2.04. The molecule has 0 unspecified atom stereocenters. The van der Waals surface area contributed by atoms with Gasteiger partial charge in [0.1, 0.15) is 17.3 Å². The molecule has 1 aliphatic heterocycles. The van der Waals surface area contributed by atoms with Gasteiger partial charge in [-0.25, -0.2) is 0 Å². The van der Waals surface area contributed by atoms with Crippen LogP contribution >= 0.6 is 0 Å². The van der Waals surface area contributed by atoms with Crippen molar-refractivity contribution in [2.24, 2.45) is 4.99 Å². The molecule has 6 heteroatoms. The molecule has 3 rings (SSSR count). The lowest BCUT2D eigenvalue weighted by Crippen LogP contribution is -2.29. The molecule has 0 saturated heterocycles. The third kappa shape index (κ3) is 4.14. The van der Waals surface area contributed by atoms with E-state index >= 15 is 0 Å². The molecule has 1 amide bonds. The van der Waals surface area contributed by atoms with Crippen molar-refractivity contribution < 1.29 is 14.3 Å². The number of rotatable bonds is 7. The highest BCUT2D eigenvalue weighted by Gasteiger charge is 2.14. The first kappa shape index (κ1) is 17.8. The van der Waals surface area contributed by atoms with Crippen molar-refractivity contribution in [3.8, 4) is 11.5 Å². The number of carbonyl (C=O) groups is 1. The number of carbonyl (C=O) groups excluding carboxylic acids is 1. The second-order valence-corrected chi connectivity index (χ2v) is 5.96. The lowest BCUT2D eigenvalue weighted by molar-refractivity contribution is 0.0952. The monoisotopic (exact) mass is 353 g/mol. The second kappa shape index (κ2) is 8.38. The minimum absolute atomic E-state index is 0.147. The van der Waals surface area contributed by atoms with Crippen molar-refractivity contribution >= 4 is 11.7 Å². The fraction of sp³-hybridized carbons (Fsp3) is 0.300. The van der Waals surface area contributed by atoms with E-state index in [0.29, 0.717) is 23.6 Å². The van der Waals surface area contributed by atoms with Gasteiger partial charge in [0, 0.05) is 30.3 Å². The zero-order valence-corrected chi connectivity index (χ0v) is 15.0. The Kier molecular flexibility index (Phi) is 5.73. The highest BCUT2D eigenvalue weighted by atomic mass is 16.5. The number of nitrogens with zero attached hydrogens (tertiary/aromatic N) is 1. The molecule has 1 heterocycles. The molecule has 0 spiro atoms. The van der Waals surface area contributed by atoms with E-state index < -0.39 is 0 Å². The minimum Gasteiger partial charge on any atom is -0.497 e. The predicted molar refractivity (Wildman–Crippen MR) is 101 cm³/mol. The van der Waals surface area contributed by atoms with Gasteiger partial charge in [0.25, 0.3) is 5.91 Å². The van der Waals surface area contributed by atoms with Crippen molar-refractivity contribution in [3.63, 3.8) is 0 Å². The summed E-state index contributed by atoms with van der Waals surface area (Å²) in [5.74, 6) is 1.97. The first-order chi connectivity index (χ1) is 12.7. The molecule has 1 aliphatic rings. The zero-order chi connectivity index (χ0) is 18.4. The summed E-state index contributed by atoms with van der Waals surface area (Å²) in [4.78, 5) is 16.8. The quantitative estimate of drug-likeness (QED) is 0.750. The summed E-state index contributed by atoms with van der Waals surface area (Å²) in [5, 5.41) is 6.26. The molecule has 26 heavy (non-hydrogen) atoms. The Morgan fingerprint density at radius 2 is 1.81 bits per heavy atom. The van der Waals surface area contributed by atoms with Gasteiger partial charge >= 0.3 is 0 Å². The Morgan fingerprint density at radius 1 is 1.08 bits per heavy atom. The van der Waals surface area contributed by atoms with E-state index in [9.17, 15) is 4.79 Å². The Labute approximate surface area is 153 Å². The molecule has 2 N–H and O–H groups in total. The van der Waals surface area contributed by atoms with Crippen molar-refractivity contribution in [3.05, 3.63) is 59.2 Å². The smallest absolute Gasteiger partial charge is 0.251 e. The summed E-state index contributed by atoms with van der Waals surface area (Å²) in [7, 11) is 3.12. The molecular formula is C20H23N3O3. The van der Waals surface area contributed by atoms with E-state index in [1.54, 1.807) is 32.4 Å². The Hall–Kier alpha value is -3.02. The number of fused-ring (bicyclic) bond motifs is 1. The fourth-order valence-corrected chi connectivity index (χ4v) is 2.83. The largest absolute Gasteiger partial charge is 0.497 e. The van der Waals surface area contributed by atoms with Gasteiger partial charge in [0.15, 0.2) is 0 Å². The topological polar surface area (TPSA) is 72.0 Å².